The summed E-state index contributed by atoms with van der Waals surface area (Å²) in [7, 11) is 1.70. The Bertz CT molecular complexity index is 1730. The van der Waals surface area contributed by atoms with E-state index in [-0.39, 0.29) is 43.3 Å². The fourth-order valence-corrected chi connectivity index (χ4v) is 6.06. The van der Waals surface area contributed by atoms with E-state index in [9.17, 15) is 24.3 Å². The number of aliphatic carboxylic acids is 1. The van der Waals surface area contributed by atoms with Crippen LogP contribution in [0, 0.1) is 5.92 Å². The number of likely N-dealkylation sites (N-methyl/N-ethyl adjacent to an activating group) is 1. The average molecular weight is 604 g/mol. The van der Waals surface area contributed by atoms with Gasteiger partial charge in [0.25, 0.3) is 5.91 Å². The molecular weight excluding hydrogens is 570 g/mol. The van der Waals surface area contributed by atoms with Crippen molar-refractivity contribution in [2.45, 2.75) is 18.8 Å². The SMILES string of the molecule is CN(C(=O)Cc1ccc(NC(=O)N2CCc3ccccc32)cc1)c1ccc(C2CN(C(=O)c3ccncc3)CC2C(=O)O)cc1. The lowest BCUT2D eigenvalue weighted by molar-refractivity contribution is -0.141. The zero-order valence-corrected chi connectivity index (χ0v) is 24.8. The standard InChI is InChI=1S/C35H33N5O5/c1-38(32(41)20-23-6-10-27(11-7-23)37-35(45)40-19-16-25-4-2-3-5-31(25)40)28-12-8-24(9-13-28)29-21-39(22-30(29)34(43)44)33(42)26-14-17-36-18-15-26/h2-15,17-18,29-30H,16,19-22H2,1H3,(H,37,45)(H,43,44). The Morgan fingerprint density at radius 1 is 0.911 bits per heavy atom. The molecule has 2 aliphatic rings. The van der Waals surface area contributed by atoms with Crippen LogP contribution in [0.1, 0.15) is 33.0 Å². The summed E-state index contributed by atoms with van der Waals surface area (Å²) in [6, 6.07) is 25.4. The Kier molecular flexibility index (Phi) is 8.28. The van der Waals surface area contributed by atoms with Crippen LogP contribution in [0.25, 0.3) is 0 Å². The Hall–Kier alpha value is -5.51. The van der Waals surface area contributed by atoms with E-state index < -0.39 is 11.9 Å². The number of amides is 4. The normalized spacial score (nSPS) is 17.1. The van der Waals surface area contributed by atoms with E-state index in [1.165, 1.54) is 12.4 Å². The predicted molar refractivity (Wildman–Crippen MR) is 171 cm³/mol. The fourth-order valence-electron chi connectivity index (χ4n) is 6.06. The van der Waals surface area contributed by atoms with Crippen LogP contribution in [0.2, 0.25) is 0 Å². The molecule has 0 aliphatic carbocycles. The summed E-state index contributed by atoms with van der Waals surface area (Å²) in [5.41, 5.74) is 5.48. The molecule has 4 amide bonds. The number of carbonyl (C=O) groups excluding carboxylic acids is 3. The number of hydrogen-bond acceptors (Lipinski definition) is 5. The molecule has 2 N–H and O–H groups in total. The molecule has 228 valence electrons. The number of pyridine rings is 1. The highest BCUT2D eigenvalue weighted by Gasteiger charge is 2.40. The van der Waals surface area contributed by atoms with E-state index in [0.29, 0.717) is 23.5 Å². The Morgan fingerprint density at radius 3 is 2.33 bits per heavy atom. The van der Waals surface area contributed by atoms with Gasteiger partial charge in [-0.3, -0.25) is 24.3 Å². The molecule has 2 aliphatic heterocycles. The zero-order chi connectivity index (χ0) is 31.5. The largest absolute Gasteiger partial charge is 0.481 e. The first kappa shape index (κ1) is 29.6. The Balaban J connectivity index is 1.06. The second-order valence-corrected chi connectivity index (χ2v) is 11.4. The first-order chi connectivity index (χ1) is 21.8. The quantitative estimate of drug-likeness (QED) is 0.312. The summed E-state index contributed by atoms with van der Waals surface area (Å²) in [5, 5.41) is 12.8. The van der Waals surface area contributed by atoms with E-state index >= 15 is 0 Å². The van der Waals surface area contributed by atoms with E-state index in [1.54, 1.807) is 58.1 Å². The van der Waals surface area contributed by atoms with Crippen molar-refractivity contribution in [2.75, 3.05) is 41.8 Å². The topological polar surface area (TPSA) is 123 Å². The summed E-state index contributed by atoms with van der Waals surface area (Å²) in [4.78, 5) is 59.8. The minimum absolute atomic E-state index is 0.119. The Morgan fingerprint density at radius 2 is 1.62 bits per heavy atom. The van der Waals surface area contributed by atoms with Gasteiger partial charge in [0.1, 0.15) is 0 Å². The van der Waals surface area contributed by atoms with Crippen LogP contribution in [0.4, 0.5) is 21.9 Å². The maximum Gasteiger partial charge on any atom is 0.326 e. The van der Waals surface area contributed by atoms with Crippen molar-refractivity contribution >= 4 is 40.9 Å². The molecule has 45 heavy (non-hydrogen) atoms. The van der Waals surface area contributed by atoms with Gasteiger partial charge < -0.3 is 20.2 Å². The van der Waals surface area contributed by atoms with Gasteiger partial charge in [-0.2, -0.15) is 0 Å². The van der Waals surface area contributed by atoms with Gasteiger partial charge in [0.05, 0.1) is 12.3 Å². The number of urea groups is 1. The average Bonchev–Trinajstić information content (AvgIpc) is 3.71. The molecule has 6 rings (SSSR count). The first-order valence-corrected chi connectivity index (χ1v) is 14.8. The number of aromatic nitrogens is 1. The van der Waals surface area contributed by atoms with Gasteiger partial charge in [0.2, 0.25) is 5.91 Å². The second kappa shape index (κ2) is 12.6. The van der Waals surface area contributed by atoms with Crippen molar-refractivity contribution in [2.24, 2.45) is 5.92 Å². The molecule has 1 saturated heterocycles. The number of nitrogens with one attached hydrogen (secondary N) is 1. The van der Waals surface area contributed by atoms with Gasteiger partial charge in [-0.1, -0.05) is 42.5 Å². The summed E-state index contributed by atoms with van der Waals surface area (Å²) in [6.07, 6.45) is 4.07. The van der Waals surface area contributed by atoms with Crippen molar-refractivity contribution in [3.63, 3.8) is 0 Å². The number of fused-ring (bicyclic) bond motifs is 1. The van der Waals surface area contributed by atoms with Crippen LogP contribution in [-0.4, -0.2) is 65.5 Å². The predicted octanol–water partition coefficient (Wildman–Crippen LogP) is 4.82. The number of para-hydroxylation sites is 1. The maximum atomic E-state index is 13.1. The third-order valence-corrected chi connectivity index (χ3v) is 8.63. The molecule has 0 spiro atoms. The fraction of sp³-hybridized carbons (Fsp3) is 0.229. The molecule has 0 saturated carbocycles. The van der Waals surface area contributed by atoms with Gasteiger partial charge in [-0.25, -0.2) is 4.79 Å². The van der Waals surface area contributed by atoms with Gasteiger partial charge in [-0.15, -0.1) is 0 Å². The molecule has 1 fully saturated rings. The van der Waals surface area contributed by atoms with Crippen molar-refractivity contribution in [1.82, 2.24) is 9.88 Å². The van der Waals surface area contributed by atoms with E-state index in [1.807, 2.05) is 48.5 Å². The number of anilines is 3. The summed E-state index contributed by atoms with van der Waals surface area (Å²) in [6.45, 7) is 1.04. The van der Waals surface area contributed by atoms with Gasteiger partial charge >= 0.3 is 12.0 Å². The third kappa shape index (κ3) is 6.26. The van der Waals surface area contributed by atoms with Crippen LogP contribution < -0.4 is 15.1 Å². The smallest absolute Gasteiger partial charge is 0.326 e. The van der Waals surface area contributed by atoms with Gasteiger partial charge in [-0.05, 0) is 65.6 Å². The monoisotopic (exact) mass is 603 g/mol. The van der Waals surface area contributed by atoms with Crippen molar-refractivity contribution in [1.29, 1.82) is 0 Å². The minimum atomic E-state index is -0.951. The lowest BCUT2D eigenvalue weighted by Gasteiger charge is -2.20. The number of carboxylic acids is 1. The number of carboxylic acid groups (broad SMARTS) is 1. The van der Waals surface area contributed by atoms with Crippen molar-refractivity contribution in [3.05, 3.63) is 120 Å². The molecule has 10 heteroatoms. The number of likely N-dealkylation sites (tertiary alicyclic amines) is 1. The lowest BCUT2D eigenvalue weighted by Crippen LogP contribution is -2.33. The van der Waals surface area contributed by atoms with Gasteiger partial charge in [0.15, 0.2) is 0 Å². The Labute approximate surface area is 260 Å². The van der Waals surface area contributed by atoms with Crippen LogP contribution in [-0.2, 0) is 22.4 Å². The molecule has 0 radical (unpaired) electrons. The number of rotatable bonds is 7. The minimum Gasteiger partial charge on any atom is -0.481 e. The number of benzene rings is 3. The van der Waals surface area contributed by atoms with Crippen LogP contribution in [0.15, 0.2) is 97.3 Å². The number of carbonyl (C=O) groups is 4. The van der Waals surface area contributed by atoms with E-state index in [4.69, 9.17) is 0 Å². The molecular formula is C35H33N5O5. The van der Waals surface area contributed by atoms with Crippen molar-refractivity contribution < 1.29 is 24.3 Å². The van der Waals surface area contributed by atoms with Gasteiger partial charge in [0, 0.05) is 67.6 Å². The molecule has 10 nitrogen and oxygen atoms in total. The highest BCUT2D eigenvalue weighted by Crippen LogP contribution is 2.35. The lowest BCUT2D eigenvalue weighted by atomic mass is 9.89. The number of hydrogen-bond donors (Lipinski definition) is 2. The molecule has 1 aromatic heterocycles. The van der Waals surface area contributed by atoms with Crippen LogP contribution in [0.5, 0.6) is 0 Å². The summed E-state index contributed by atoms with van der Waals surface area (Å²) < 4.78 is 0. The van der Waals surface area contributed by atoms with E-state index in [0.717, 1.165) is 28.8 Å². The maximum absolute atomic E-state index is 13.1. The molecule has 0 bridgehead atoms. The first-order valence-electron chi connectivity index (χ1n) is 14.8. The molecule has 4 aromatic rings. The third-order valence-electron chi connectivity index (χ3n) is 8.63. The molecule has 3 heterocycles. The second-order valence-electron chi connectivity index (χ2n) is 11.4. The van der Waals surface area contributed by atoms with Crippen LogP contribution in [0.3, 0.4) is 0 Å². The van der Waals surface area contributed by atoms with Crippen LogP contribution >= 0.6 is 0 Å². The molecule has 2 unspecified atom stereocenters. The van der Waals surface area contributed by atoms with E-state index in [2.05, 4.69) is 10.3 Å². The molecule has 3 aromatic carbocycles. The summed E-state index contributed by atoms with van der Waals surface area (Å²) >= 11 is 0. The number of nitrogens with zero attached hydrogens (tertiary/aromatic N) is 4. The highest BCUT2D eigenvalue weighted by molar-refractivity contribution is 6.03. The van der Waals surface area contributed by atoms with Crippen molar-refractivity contribution in [3.8, 4) is 0 Å². The highest BCUT2D eigenvalue weighted by atomic mass is 16.4. The zero-order valence-electron chi connectivity index (χ0n) is 24.8. The summed E-state index contributed by atoms with van der Waals surface area (Å²) in [5.74, 6) is -2.40. The molecule has 2 atom stereocenters.